The van der Waals surface area contributed by atoms with Crippen molar-refractivity contribution >= 4 is 17.5 Å². The summed E-state index contributed by atoms with van der Waals surface area (Å²) in [6.07, 6.45) is 1.38. The van der Waals surface area contributed by atoms with E-state index in [4.69, 9.17) is 0 Å². The number of para-hydroxylation sites is 1. The molecule has 0 bridgehead atoms. The van der Waals surface area contributed by atoms with E-state index >= 15 is 0 Å². The number of benzene rings is 2. The second-order valence-corrected chi connectivity index (χ2v) is 4.84. The van der Waals surface area contributed by atoms with Gasteiger partial charge in [0.15, 0.2) is 5.82 Å². The molecule has 2 aromatic carbocycles. The molecule has 4 rings (SSSR count). The molecule has 6 nitrogen and oxygen atoms in total. The monoisotopic (exact) mass is 290 g/mol. The Labute approximate surface area is 125 Å². The van der Waals surface area contributed by atoms with E-state index in [1.807, 2.05) is 6.07 Å². The van der Waals surface area contributed by atoms with Crippen molar-refractivity contribution in [3.8, 4) is 11.4 Å². The fraction of sp³-hybridized carbons (Fsp3) is 0. The van der Waals surface area contributed by atoms with Gasteiger partial charge in [0.1, 0.15) is 6.33 Å². The molecule has 1 aliphatic rings. The van der Waals surface area contributed by atoms with Gasteiger partial charge in [0.2, 0.25) is 0 Å². The van der Waals surface area contributed by atoms with Crippen LogP contribution in [0.1, 0.15) is 20.7 Å². The molecule has 6 heteroatoms. The quantitative estimate of drug-likeness (QED) is 0.734. The molecular weight excluding hydrogens is 280 g/mol. The summed E-state index contributed by atoms with van der Waals surface area (Å²) >= 11 is 0. The molecule has 3 aromatic rings. The molecule has 0 spiro atoms. The molecule has 22 heavy (non-hydrogen) atoms. The highest BCUT2D eigenvalue weighted by molar-refractivity contribution is 6.35. The third kappa shape index (κ3) is 1.67. The number of carbonyl (C=O) groups is 2. The van der Waals surface area contributed by atoms with E-state index in [1.165, 1.54) is 11.2 Å². The van der Waals surface area contributed by atoms with Crippen molar-refractivity contribution in [1.29, 1.82) is 0 Å². The molecule has 1 aromatic heterocycles. The first-order valence-corrected chi connectivity index (χ1v) is 6.70. The highest BCUT2D eigenvalue weighted by Crippen LogP contribution is 2.34. The first-order chi connectivity index (χ1) is 10.8. The van der Waals surface area contributed by atoms with Crippen LogP contribution in [0.15, 0.2) is 54.9 Å². The third-order valence-electron chi connectivity index (χ3n) is 3.61. The molecular formula is C16H10N4O2. The van der Waals surface area contributed by atoms with Gasteiger partial charge in [0, 0.05) is 5.56 Å². The maximum absolute atomic E-state index is 12.6. The number of aromatic amines is 1. The lowest BCUT2D eigenvalue weighted by atomic mass is 10.1. The standard InChI is InChI=1S/C16H10N4O2/c21-15-10-5-1-2-6-11(10)16(22)20(15)13-8-4-3-7-12(13)14-17-9-18-19-14/h1-9H,(H,17,18,19). The van der Waals surface area contributed by atoms with Crippen molar-refractivity contribution < 1.29 is 9.59 Å². The number of rotatable bonds is 2. The number of nitrogens with one attached hydrogen (secondary N) is 1. The van der Waals surface area contributed by atoms with Crippen molar-refractivity contribution in [3.63, 3.8) is 0 Å². The lowest BCUT2D eigenvalue weighted by Crippen LogP contribution is -2.29. The van der Waals surface area contributed by atoms with Gasteiger partial charge >= 0.3 is 0 Å². The van der Waals surface area contributed by atoms with Gasteiger partial charge in [-0.3, -0.25) is 14.7 Å². The summed E-state index contributed by atoms with van der Waals surface area (Å²) in [7, 11) is 0. The van der Waals surface area contributed by atoms with Crippen LogP contribution in [0.3, 0.4) is 0 Å². The topological polar surface area (TPSA) is 79.0 Å². The Balaban J connectivity index is 1.89. The van der Waals surface area contributed by atoms with Crippen LogP contribution < -0.4 is 4.90 Å². The first-order valence-electron chi connectivity index (χ1n) is 6.70. The number of imide groups is 1. The maximum atomic E-state index is 12.6. The van der Waals surface area contributed by atoms with Crippen LogP contribution in [0.25, 0.3) is 11.4 Å². The Hall–Kier alpha value is -3.28. The molecule has 0 aliphatic carbocycles. The molecule has 0 saturated heterocycles. The summed E-state index contributed by atoms with van der Waals surface area (Å²) < 4.78 is 0. The number of anilines is 1. The predicted octanol–water partition coefficient (Wildman–Crippen LogP) is 2.27. The minimum atomic E-state index is -0.326. The second-order valence-electron chi connectivity index (χ2n) is 4.84. The largest absolute Gasteiger partial charge is 0.268 e. The highest BCUT2D eigenvalue weighted by atomic mass is 16.2. The molecule has 0 fully saturated rings. The van der Waals surface area contributed by atoms with Crippen LogP contribution in [0.4, 0.5) is 5.69 Å². The first kappa shape index (κ1) is 12.5. The normalized spacial score (nSPS) is 13.5. The number of H-pyrrole nitrogens is 1. The highest BCUT2D eigenvalue weighted by Gasteiger charge is 2.37. The number of aromatic nitrogens is 3. The van der Waals surface area contributed by atoms with Crippen LogP contribution in [-0.4, -0.2) is 27.0 Å². The van der Waals surface area contributed by atoms with E-state index in [9.17, 15) is 9.59 Å². The van der Waals surface area contributed by atoms with E-state index in [-0.39, 0.29) is 11.8 Å². The number of hydrogen-bond acceptors (Lipinski definition) is 4. The summed E-state index contributed by atoms with van der Waals surface area (Å²) in [5, 5.41) is 6.58. The lowest BCUT2D eigenvalue weighted by Gasteiger charge is -2.16. The number of carbonyl (C=O) groups excluding carboxylic acids is 2. The molecule has 1 N–H and O–H groups in total. The number of hydrogen-bond donors (Lipinski definition) is 1. The van der Waals surface area contributed by atoms with Crippen molar-refractivity contribution in [2.75, 3.05) is 4.90 Å². The van der Waals surface area contributed by atoms with Gasteiger partial charge < -0.3 is 0 Å². The van der Waals surface area contributed by atoms with E-state index in [0.717, 1.165) is 0 Å². The van der Waals surface area contributed by atoms with Crippen molar-refractivity contribution in [2.24, 2.45) is 0 Å². The van der Waals surface area contributed by atoms with E-state index in [2.05, 4.69) is 15.2 Å². The van der Waals surface area contributed by atoms with Crippen LogP contribution in [0, 0.1) is 0 Å². The zero-order valence-corrected chi connectivity index (χ0v) is 11.4. The predicted molar refractivity (Wildman–Crippen MR) is 79.4 cm³/mol. The summed E-state index contributed by atoms with van der Waals surface area (Å²) in [5.41, 5.74) is 1.97. The van der Waals surface area contributed by atoms with Crippen LogP contribution in [-0.2, 0) is 0 Å². The van der Waals surface area contributed by atoms with Crippen molar-refractivity contribution in [3.05, 3.63) is 66.0 Å². The van der Waals surface area contributed by atoms with Crippen molar-refractivity contribution in [1.82, 2.24) is 15.2 Å². The van der Waals surface area contributed by atoms with Gasteiger partial charge in [-0.15, -0.1) is 0 Å². The smallest absolute Gasteiger partial charge is 0.266 e. The maximum Gasteiger partial charge on any atom is 0.266 e. The zero-order chi connectivity index (χ0) is 15.1. The van der Waals surface area contributed by atoms with Crippen molar-refractivity contribution in [2.45, 2.75) is 0 Å². The Bertz CT molecular complexity index is 852. The molecule has 0 unspecified atom stereocenters. The van der Waals surface area contributed by atoms with Gasteiger partial charge in [-0.1, -0.05) is 24.3 Å². The van der Waals surface area contributed by atoms with Crippen LogP contribution >= 0.6 is 0 Å². The van der Waals surface area contributed by atoms with Crippen LogP contribution in [0.2, 0.25) is 0 Å². The lowest BCUT2D eigenvalue weighted by molar-refractivity contribution is 0.0926. The van der Waals surface area contributed by atoms with Gasteiger partial charge in [-0.05, 0) is 24.3 Å². The Morgan fingerprint density at radius 2 is 1.41 bits per heavy atom. The summed E-state index contributed by atoms with van der Waals surface area (Å²) in [6, 6.07) is 13.9. The van der Waals surface area contributed by atoms with Gasteiger partial charge in [0.05, 0.1) is 16.8 Å². The van der Waals surface area contributed by atoms with E-state index < -0.39 is 0 Å². The number of nitrogens with zero attached hydrogens (tertiary/aromatic N) is 3. The summed E-state index contributed by atoms with van der Waals surface area (Å²) in [5.74, 6) is -0.146. The van der Waals surface area contributed by atoms with Gasteiger partial charge in [-0.2, -0.15) is 5.10 Å². The molecule has 2 heterocycles. The second kappa shape index (κ2) is 4.63. The number of amides is 2. The SMILES string of the molecule is O=C1c2ccccc2C(=O)N1c1ccccc1-c1ncn[nH]1. The summed E-state index contributed by atoms with van der Waals surface area (Å²) in [6.45, 7) is 0. The average Bonchev–Trinajstić information content (AvgIpc) is 3.16. The zero-order valence-electron chi connectivity index (χ0n) is 11.4. The minimum absolute atomic E-state index is 0.326. The Morgan fingerprint density at radius 1 is 0.818 bits per heavy atom. The van der Waals surface area contributed by atoms with E-state index in [1.54, 1.807) is 42.5 Å². The fourth-order valence-electron chi connectivity index (χ4n) is 2.61. The third-order valence-corrected chi connectivity index (χ3v) is 3.61. The number of fused-ring (bicyclic) bond motifs is 1. The van der Waals surface area contributed by atoms with Crippen LogP contribution in [0.5, 0.6) is 0 Å². The molecule has 0 saturated carbocycles. The molecule has 106 valence electrons. The minimum Gasteiger partial charge on any atom is -0.268 e. The summed E-state index contributed by atoms with van der Waals surface area (Å²) in [4.78, 5) is 30.5. The van der Waals surface area contributed by atoms with Gasteiger partial charge in [0.25, 0.3) is 11.8 Å². The molecule has 0 atom stereocenters. The Kier molecular flexibility index (Phi) is 2.62. The molecule has 1 aliphatic heterocycles. The molecule has 0 radical (unpaired) electrons. The molecule has 2 amide bonds. The van der Waals surface area contributed by atoms with Gasteiger partial charge in [-0.25, -0.2) is 9.88 Å². The fourth-order valence-corrected chi connectivity index (χ4v) is 2.61. The average molecular weight is 290 g/mol. The Morgan fingerprint density at radius 3 is 2.00 bits per heavy atom. The van der Waals surface area contributed by atoms with E-state index in [0.29, 0.717) is 28.2 Å².